The highest BCUT2D eigenvalue weighted by molar-refractivity contribution is 9.11. The molecule has 0 aliphatic carbocycles. The number of fused-ring (bicyclic) bond motifs is 4. The fourth-order valence-electron chi connectivity index (χ4n) is 12.5. The second-order valence-electron chi connectivity index (χ2n) is 27.9. The Labute approximate surface area is 691 Å². The standard InChI is InChI=1S/C24H31N7S.C15H22ClN5S.C9H9BrN2.C9H10BrNO2.C6H6BrNO.C6H7NO.C3H5ClO.C2H6.6CH4/c1-14-12-31-13-16(8-19(31)15(2)26-14)20-25-11-18-21(28-20)32-22(27-18)30(7)17-9-23(3,4)29-24(5,6)10-17;1-14(2)6-9(7-15(3,4)20-14)21(5)13-18-10-8-17-12(16)19-11(10)22-13;1-6-4-12-5-8(10)3-9(12)7(2)11-6;1-6(12)4-11-5-8(10)3-9(11)7(2)13;1-4(9)6-2-5(7)3-8-6;1-5(8)6-3-2-4-7-6;1-3(5)2-4;1-2;;;;;;/h8,11-13,17,29H,9-10H2,1-7H3;8-9,20H,6-7H2,1-5H3;3-5H,1-2H3;3,5H,4H2,1-2H3;2-3,8H,1H3;2-4,7H,1H3;2H2,1H3;1-2H3;6*1H4. The molecule has 0 spiro atoms. The number of anilines is 2. The van der Waals surface area contributed by atoms with Crippen molar-refractivity contribution in [2.75, 3.05) is 29.8 Å². The van der Waals surface area contributed by atoms with Crippen molar-refractivity contribution >= 4 is 165 Å². The predicted octanol–water partition coefficient (Wildman–Crippen LogP) is 21.9. The van der Waals surface area contributed by atoms with Gasteiger partial charge < -0.3 is 43.8 Å². The van der Waals surface area contributed by atoms with E-state index in [0.717, 1.165) is 115 Å². The summed E-state index contributed by atoms with van der Waals surface area (Å²) in [4.78, 5) is 101. The summed E-state index contributed by atoms with van der Waals surface area (Å²) >= 11 is 24.0. The fourth-order valence-corrected chi connectivity index (χ4v) is 15.8. The second-order valence-corrected chi connectivity index (χ2v) is 33.2. The van der Waals surface area contributed by atoms with E-state index >= 15 is 0 Å². The SMILES string of the molecule is C.C.C.C.C.C.CC.CC(=O)CCl.CC(=O)Cn1cc(Br)cc1C(C)=O.CC(=O)c1cc(Br)c[nH]1.CC(=O)c1ccc[nH]1.CN(c1nc2cnc(Cl)nc2s1)C1CC(C)(C)NC(C)(C)C1.Cc1cn2cc(-c3ncc4nc(N(C)C5CC(C)(C)NC(C)(C)C5)sc4n3)cc2c(C)n1.Cc1cn2cc(Br)cc2c(C)n1. The van der Waals surface area contributed by atoms with Crippen molar-refractivity contribution in [1.29, 1.82) is 0 Å². The molecule has 0 bridgehead atoms. The molecule has 4 N–H and O–H groups in total. The van der Waals surface area contributed by atoms with Crippen LogP contribution in [0, 0.1) is 27.7 Å². The Morgan fingerprint density at radius 1 is 0.550 bits per heavy atom. The van der Waals surface area contributed by atoms with E-state index in [1.165, 1.54) is 34.6 Å². The van der Waals surface area contributed by atoms with E-state index in [2.05, 4.69) is 205 Å². The number of H-pyrrole nitrogens is 2. The smallest absolute Gasteiger partial charge is 0.223 e. The number of nitrogens with zero attached hydrogens (tertiary/aromatic N) is 13. The Hall–Kier alpha value is -6.95. The fraction of sp³-hybridized carbons (Fsp3) is 0.487. The van der Waals surface area contributed by atoms with Crippen molar-refractivity contribution in [3.63, 3.8) is 0 Å². The molecule has 602 valence electrons. The molecule has 22 nitrogen and oxygen atoms in total. The Morgan fingerprint density at radius 3 is 1.39 bits per heavy atom. The van der Waals surface area contributed by atoms with Crippen molar-refractivity contribution in [1.82, 2.24) is 73.8 Å². The Balaban J connectivity index is 0.00000133. The number of carbonyl (C=O) groups excluding carboxylic acids is 5. The number of ketones is 5. The number of nitrogens with one attached hydrogen (secondary N) is 4. The molecule has 2 saturated heterocycles. The van der Waals surface area contributed by atoms with Gasteiger partial charge in [0.25, 0.3) is 0 Å². The Morgan fingerprint density at radius 2 is 0.991 bits per heavy atom. The van der Waals surface area contributed by atoms with Crippen LogP contribution in [0.2, 0.25) is 5.28 Å². The van der Waals surface area contributed by atoms with Crippen LogP contribution in [0.15, 0.2) is 106 Å². The average Bonchev–Trinajstić information content (AvgIpc) is 1.76. The lowest BCUT2D eigenvalue weighted by Gasteiger charge is -2.48. The number of thiazole rings is 2. The van der Waals surface area contributed by atoms with E-state index in [9.17, 15) is 24.0 Å². The molecule has 0 radical (unpaired) electrons. The van der Waals surface area contributed by atoms with Crippen LogP contribution in [0.25, 0.3) is 43.1 Å². The van der Waals surface area contributed by atoms with Crippen LogP contribution in [0.1, 0.15) is 228 Å². The topological polar surface area (TPSA) is 264 Å². The maximum atomic E-state index is 11.1. The largest absolute Gasteiger partial charge is 0.359 e. The maximum Gasteiger partial charge on any atom is 0.223 e. The van der Waals surface area contributed by atoms with Crippen molar-refractivity contribution in [3.05, 3.63) is 151 Å². The number of Topliss-reactive ketones (excluding diaryl/α,β-unsaturated/α-hetero) is 5. The summed E-state index contributed by atoms with van der Waals surface area (Å²) in [7, 11) is 4.28. The van der Waals surface area contributed by atoms with Gasteiger partial charge in [0, 0.05) is 131 Å². The average molecular weight is 1770 g/mol. The number of hydrogen-bond acceptors (Lipinski definition) is 19. The van der Waals surface area contributed by atoms with E-state index in [1.807, 2.05) is 66.3 Å². The van der Waals surface area contributed by atoms with E-state index in [4.69, 9.17) is 33.2 Å². The van der Waals surface area contributed by atoms with Gasteiger partial charge in [-0.05, 0) is 218 Å². The normalized spacial score (nSPS) is 14.0. The molecule has 0 unspecified atom stereocenters. The number of aryl methyl sites for hydroxylation is 4. The summed E-state index contributed by atoms with van der Waals surface area (Å²) in [5.41, 5.74) is 11.3. The molecule has 0 aromatic carbocycles. The molecule has 0 amide bonds. The van der Waals surface area contributed by atoms with E-state index in [-0.39, 0.29) is 113 Å². The minimum Gasteiger partial charge on any atom is -0.359 e. The summed E-state index contributed by atoms with van der Waals surface area (Å²) in [6, 6.07) is 12.1. The van der Waals surface area contributed by atoms with Crippen LogP contribution < -0.4 is 20.4 Å². The lowest BCUT2D eigenvalue weighted by atomic mass is 9.79. The van der Waals surface area contributed by atoms with Gasteiger partial charge in [-0.15, -0.1) is 11.6 Å². The molecule has 2 aliphatic rings. The van der Waals surface area contributed by atoms with E-state index < -0.39 is 0 Å². The number of halogens is 5. The highest BCUT2D eigenvalue weighted by Gasteiger charge is 2.41. The highest BCUT2D eigenvalue weighted by atomic mass is 79.9. The number of aromatic nitrogens is 13. The summed E-state index contributed by atoms with van der Waals surface area (Å²) in [5.74, 6) is 1.01. The lowest BCUT2D eigenvalue weighted by molar-refractivity contribution is -0.117. The summed E-state index contributed by atoms with van der Waals surface area (Å²) < 4.78 is 8.66. The van der Waals surface area contributed by atoms with Crippen molar-refractivity contribution in [2.45, 2.75) is 243 Å². The van der Waals surface area contributed by atoms with Crippen LogP contribution in [0.3, 0.4) is 0 Å². The molecule has 13 rings (SSSR count). The number of rotatable bonds is 11. The minimum absolute atomic E-state index is 0. The predicted molar refractivity (Wildman–Crippen MR) is 472 cm³/mol. The van der Waals surface area contributed by atoms with Gasteiger partial charge in [0.15, 0.2) is 33.4 Å². The highest BCUT2D eigenvalue weighted by Crippen LogP contribution is 2.38. The minimum atomic E-state index is -0.0352. The first-order valence-corrected chi connectivity index (χ1v) is 38.5. The van der Waals surface area contributed by atoms with Crippen molar-refractivity contribution in [3.8, 4) is 11.4 Å². The van der Waals surface area contributed by atoms with Crippen LogP contribution >= 0.6 is 93.7 Å². The molecule has 29 heteroatoms. The van der Waals surface area contributed by atoms with Gasteiger partial charge in [-0.1, -0.05) is 81.1 Å². The van der Waals surface area contributed by atoms with E-state index in [1.54, 1.807) is 76.3 Å². The number of alkyl halides is 1. The third-order valence-electron chi connectivity index (χ3n) is 16.1. The van der Waals surface area contributed by atoms with Gasteiger partial charge in [0.05, 0.1) is 75.7 Å². The number of aromatic amines is 2. The number of hydrogen-bond donors (Lipinski definition) is 4. The van der Waals surface area contributed by atoms with Crippen LogP contribution in [0.4, 0.5) is 10.3 Å². The van der Waals surface area contributed by atoms with Crippen molar-refractivity contribution < 1.29 is 24.0 Å². The van der Waals surface area contributed by atoms with Crippen molar-refractivity contribution in [2.24, 2.45) is 0 Å². The zero-order chi connectivity index (χ0) is 76.8. The first kappa shape index (κ1) is 102. The zero-order valence-corrected chi connectivity index (χ0v) is 70.5. The van der Waals surface area contributed by atoms with Gasteiger partial charge in [0.2, 0.25) is 5.28 Å². The Bertz CT molecular complexity index is 4690. The summed E-state index contributed by atoms with van der Waals surface area (Å²) in [5, 5.41) is 9.74. The number of carbonyl (C=O) groups is 5. The zero-order valence-electron chi connectivity index (χ0n) is 62.6. The van der Waals surface area contributed by atoms with Gasteiger partial charge >= 0.3 is 0 Å². The molecule has 0 atom stereocenters. The summed E-state index contributed by atoms with van der Waals surface area (Å²) in [6.07, 6.45) is 21.2. The number of piperidine rings is 2. The molecule has 13 heterocycles. The van der Waals surface area contributed by atoms with Crippen LogP contribution in [-0.4, -0.2) is 146 Å². The summed E-state index contributed by atoms with van der Waals surface area (Å²) in [6.45, 7) is 38.0. The second kappa shape index (κ2) is 44.3. The molecular formula is C80H120Br3Cl2N17O5S2. The van der Waals surface area contributed by atoms with E-state index in [0.29, 0.717) is 29.2 Å². The van der Waals surface area contributed by atoms with Gasteiger partial charge in [-0.25, -0.2) is 29.9 Å². The third-order valence-corrected chi connectivity index (χ3v) is 20.1. The maximum absolute atomic E-state index is 11.1. The molecular weight excluding hydrogens is 1650 g/mol. The van der Waals surface area contributed by atoms with Gasteiger partial charge in [-0.3, -0.25) is 33.9 Å². The molecule has 0 saturated carbocycles. The molecule has 109 heavy (non-hydrogen) atoms. The molecule has 11 aromatic rings. The van der Waals surface area contributed by atoms with Gasteiger partial charge in [-0.2, -0.15) is 0 Å². The molecule has 2 fully saturated rings. The first-order valence-electron chi connectivity index (χ1n) is 33.5. The van der Waals surface area contributed by atoms with Crippen LogP contribution in [-0.2, 0) is 16.1 Å². The van der Waals surface area contributed by atoms with Gasteiger partial charge in [0.1, 0.15) is 32.3 Å². The molecule has 11 aromatic heterocycles. The third kappa shape index (κ3) is 30.2. The quantitative estimate of drug-likeness (QED) is 0.0533. The Kier molecular flexibility index (Phi) is 41.5. The van der Waals surface area contributed by atoms with Crippen LogP contribution in [0.5, 0.6) is 0 Å². The first-order chi connectivity index (χ1) is 48.1. The molecule has 2 aliphatic heterocycles. The lowest BCUT2D eigenvalue weighted by Crippen LogP contribution is -2.61. The monoisotopic (exact) mass is 1770 g/mol.